The zero-order valence-corrected chi connectivity index (χ0v) is 13.9. The van der Waals surface area contributed by atoms with Crippen LogP contribution in [0, 0.1) is 0 Å². The van der Waals surface area contributed by atoms with Gasteiger partial charge >= 0.3 is 0 Å². The first kappa shape index (κ1) is 14.8. The van der Waals surface area contributed by atoms with Crippen molar-refractivity contribution in [2.45, 2.75) is 39.9 Å². The fourth-order valence-corrected chi connectivity index (χ4v) is 4.03. The van der Waals surface area contributed by atoms with Gasteiger partial charge in [-0.2, -0.15) is 0 Å². The van der Waals surface area contributed by atoms with Gasteiger partial charge in [0.1, 0.15) is 6.61 Å². The standard InChI is InChI=1S/C15H22N2O2Si/c1-6-11-8-9-13-12(10-11)14(16-19-7-2)15(18)17(13)20(3,4)5/h8-10H,6-7H2,1-5H3/b16-14-. The van der Waals surface area contributed by atoms with Crippen molar-refractivity contribution >= 4 is 25.5 Å². The van der Waals surface area contributed by atoms with Gasteiger partial charge in [0.25, 0.3) is 5.91 Å². The highest BCUT2D eigenvalue weighted by atomic mass is 28.3. The first-order valence-corrected chi connectivity index (χ1v) is 10.5. The van der Waals surface area contributed by atoms with E-state index >= 15 is 0 Å². The van der Waals surface area contributed by atoms with E-state index in [0.29, 0.717) is 12.3 Å². The predicted molar refractivity (Wildman–Crippen MR) is 84.8 cm³/mol. The Balaban J connectivity index is 2.58. The Morgan fingerprint density at radius 2 is 1.95 bits per heavy atom. The first-order valence-electron chi connectivity index (χ1n) is 7.08. The summed E-state index contributed by atoms with van der Waals surface area (Å²) >= 11 is 0. The smallest absolute Gasteiger partial charge is 0.273 e. The van der Waals surface area contributed by atoms with E-state index in [-0.39, 0.29) is 5.91 Å². The molecule has 5 heteroatoms. The molecular weight excluding hydrogens is 268 g/mol. The molecule has 4 nitrogen and oxygen atoms in total. The summed E-state index contributed by atoms with van der Waals surface area (Å²) < 4.78 is 1.93. The van der Waals surface area contributed by atoms with E-state index in [0.717, 1.165) is 17.7 Å². The molecule has 1 amide bonds. The first-order chi connectivity index (χ1) is 9.40. The zero-order valence-electron chi connectivity index (χ0n) is 12.9. The van der Waals surface area contributed by atoms with Gasteiger partial charge < -0.3 is 9.40 Å². The second-order valence-electron chi connectivity index (χ2n) is 5.87. The molecule has 2 rings (SSSR count). The quantitative estimate of drug-likeness (QED) is 0.631. The lowest BCUT2D eigenvalue weighted by molar-refractivity contribution is -0.111. The van der Waals surface area contributed by atoms with Crippen LogP contribution < -0.4 is 4.57 Å². The van der Waals surface area contributed by atoms with E-state index in [4.69, 9.17) is 4.84 Å². The molecule has 1 heterocycles. The molecule has 1 aliphatic heterocycles. The maximum atomic E-state index is 12.7. The predicted octanol–water partition coefficient (Wildman–Crippen LogP) is 3.17. The second kappa shape index (κ2) is 5.40. The number of oxime groups is 1. The van der Waals surface area contributed by atoms with Gasteiger partial charge in [-0.3, -0.25) is 4.79 Å². The SMILES string of the molecule is CCO/N=C1\C(=O)N([Si](C)(C)C)c2ccc(CC)cc21. The Morgan fingerprint density at radius 1 is 1.25 bits per heavy atom. The van der Waals surface area contributed by atoms with Crippen molar-refractivity contribution in [1.82, 2.24) is 0 Å². The average Bonchev–Trinajstić information content (AvgIpc) is 2.67. The van der Waals surface area contributed by atoms with Gasteiger partial charge in [0.15, 0.2) is 13.9 Å². The number of aryl methyl sites for hydroxylation is 1. The maximum absolute atomic E-state index is 12.7. The van der Waals surface area contributed by atoms with E-state index in [1.807, 2.05) is 17.6 Å². The molecule has 0 aliphatic carbocycles. The van der Waals surface area contributed by atoms with Crippen molar-refractivity contribution < 1.29 is 9.63 Å². The van der Waals surface area contributed by atoms with E-state index in [2.05, 4.69) is 43.9 Å². The molecule has 0 unspecified atom stereocenters. The second-order valence-corrected chi connectivity index (χ2v) is 10.7. The number of rotatable bonds is 4. The van der Waals surface area contributed by atoms with E-state index < -0.39 is 8.24 Å². The number of fused-ring (bicyclic) bond motifs is 1. The molecule has 0 radical (unpaired) electrons. The molecule has 0 atom stereocenters. The van der Waals surface area contributed by atoms with Crippen molar-refractivity contribution in [3.8, 4) is 0 Å². The Hall–Kier alpha value is -1.62. The summed E-state index contributed by atoms with van der Waals surface area (Å²) in [5, 5.41) is 4.05. The molecule has 0 spiro atoms. The third kappa shape index (κ3) is 2.50. The number of amides is 1. The van der Waals surface area contributed by atoms with Crippen molar-refractivity contribution in [2.75, 3.05) is 11.2 Å². The third-order valence-electron chi connectivity index (χ3n) is 3.33. The third-order valence-corrected chi connectivity index (χ3v) is 5.11. The Morgan fingerprint density at radius 3 is 2.50 bits per heavy atom. The molecular formula is C15H22N2O2Si. The van der Waals surface area contributed by atoms with Crippen LogP contribution in [0.3, 0.4) is 0 Å². The summed E-state index contributed by atoms with van der Waals surface area (Å²) in [7, 11) is -1.80. The van der Waals surface area contributed by atoms with Gasteiger partial charge in [0.05, 0.1) is 0 Å². The van der Waals surface area contributed by atoms with Crippen LogP contribution in [-0.2, 0) is 16.1 Å². The number of carbonyl (C=O) groups is 1. The molecule has 108 valence electrons. The topological polar surface area (TPSA) is 41.9 Å². The largest absolute Gasteiger partial charge is 0.395 e. The lowest BCUT2D eigenvalue weighted by Gasteiger charge is -2.30. The van der Waals surface area contributed by atoms with Crippen LogP contribution in [0.5, 0.6) is 0 Å². The van der Waals surface area contributed by atoms with Crippen molar-refractivity contribution in [3.05, 3.63) is 29.3 Å². The fraction of sp³-hybridized carbons (Fsp3) is 0.467. The lowest BCUT2D eigenvalue weighted by atomic mass is 10.1. The van der Waals surface area contributed by atoms with Gasteiger partial charge in [0, 0.05) is 11.3 Å². The highest BCUT2D eigenvalue weighted by Crippen LogP contribution is 2.34. The van der Waals surface area contributed by atoms with E-state index in [9.17, 15) is 4.79 Å². The highest BCUT2D eigenvalue weighted by molar-refractivity contribution is 6.87. The number of nitrogens with zero attached hydrogens (tertiary/aromatic N) is 2. The van der Waals surface area contributed by atoms with Crippen LogP contribution in [0.4, 0.5) is 5.69 Å². The van der Waals surface area contributed by atoms with E-state index in [1.165, 1.54) is 5.56 Å². The maximum Gasteiger partial charge on any atom is 0.273 e. The molecule has 1 aromatic carbocycles. The van der Waals surface area contributed by atoms with Crippen molar-refractivity contribution in [3.63, 3.8) is 0 Å². The fourth-order valence-electron chi connectivity index (χ4n) is 2.40. The average molecular weight is 290 g/mol. The molecule has 0 aromatic heterocycles. The highest BCUT2D eigenvalue weighted by Gasteiger charge is 2.41. The number of benzene rings is 1. The van der Waals surface area contributed by atoms with Gasteiger partial charge in [-0.15, -0.1) is 0 Å². The summed E-state index contributed by atoms with van der Waals surface area (Å²) in [5.74, 6) is -0.0270. The van der Waals surface area contributed by atoms with Gasteiger partial charge in [-0.1, -0.05) is 37.8 Å². The Bertz CT molecular complexity index is 561. The summed E-state index contributed by atoms with van der Waals surface area (Å²) in [5.41, 5.74) is 3.53. The van der Waals surface area contributed by atoms with Gasteiger partial charge in [-0.05, 0) is 31.0 Å². The monoisotopic (exact) mass is 290 g/mol. The number of hydrogen-bond donors (Lipinski definition) is 0. The van der Waals surface area contributed by atoms with Gasteiger partial charge in [-0.25, -0.2) is 0 Å². The zero-order chi connectivity index (χ0) is 14.9. The normalized spacial score (nSPS) is 16.8. The van der Waals surface area contributed by atoms with Crippen LogP contribution >= 0.6 is 0 Å². The number of anilines is 1. The summed E-state index contributed by atoms with van der Waals surface area (Å²) in [6.07, 6.45) is 0.941. The van der Waals surface area contributed by atoms with Crippen LogP contribution in [0.2, 0.25) is 19.6 Å². The summed E-state index contributed by atoms with van der Waals surface area (Å²) in [6, 6.07) is 6.19. The summed E-state index contributed by atoms with van der Waals surface area (Å²) in [4.78, 5) is 17.8. The Kier molecular flexibility index (Phi) is 3.99. The molecule has 0 saturated heterocycles. The minimum absolute atomic E-state index is 0.0270. The molecule has 0 N–H and O–H groups in total. The number of hydrogen-bond acceptors (Lipinski definition) is 3. The van der Waals surface area contributed by atoms with Gasteiger partial charge in [0.2, 0.25) is 0 Å². The van der Waals surface area contributed by atoms with Crippen LogP contribution in [0.15, 0.2) is 23.4 Å². The number of carbonyl (C=O) groups excluding carboxylic acids is 1. The molecule has 1 aliphatic rings. The Labute approximate surface area is 121 Å². The minimum atomic E-state index is -1.80. The van der Waals surface area contributed by atoms with Crippen molar-refractivity contribution in [2.24, 2.45) is 5.16 Å². The lowest BCUT2D eigenvalue weighted by Crippen LogP contribution is -2.49. The molecule has 0 bridgehead atoms. The summed E-state index contributed by atoms with van der Waals surface area (Å²) in [6.45, 7) is 10.9. The molecule has 20 heavy (non-hydrogen) atoms. The molecule has 0 saturated carbocycles. The van der Waals surface area contributed by atoms with Crippen molar-refractivity contribution in [1.29, 1.82) is 0 Å². The van der Waals surface area contributed by atoms with Crippen LogP contribution in [0.25, 0.3) is 0 Å². The molecule has 0 fully saturated rings. The van der Waals surface area contributed by atoms with Crippen LogP contribution in [-0.4, -0.2) is 26.5 Å². The van der Waals surface area contributed by atoms with Crippen LogP contribution in [0.1, 0.15) is 25.0 Å². The molecule has 1 aromatic rings. The van der Waals surface area contributed by atoms with E-state index in [1.54, 1.807) is 0 Å². The minimum Gasteiger partial charge on any atom is -0.395 e.